The summed E-state index contributed by atoms with van der Waals surface area (Å²) in [6.07, 6.45) is 1.70. The first-order valence-electron chi connectivity index (χ1n) is 4.91. The van der Waals surface area contributed by atoms with Crippen molar-refractivity contribution >= 4 is 56.5 Å². The fraction of sp³-hybridized carbons (Fsp3) is 0.0909. The van der Waals surface area contributed by atoms with Crippen LogP contribution in [0, 0.1) is 0 Å². The van der Waals surface area contributed by atoms with Crippen LogP contribution in [-0.4, -0.2) is 19.3 Å². The zero-order valence-electron chi connectivity index (χ0n) is 9.34. The van der Waals surface area contributed by atoms with Gasteiger partial charge in [-0.15, -0.1) is 22.7 Å². The number of methoxy groups -OCH3 is 1. The van der Waals surface area contributed by atoms with Gasteiger partial charge < -0.3 is 4.74 Å². The van der Waals surface area contributed by atoms with Crippen molar-refractivity contribution in [2.75, 3.05) is 12.5 Å². The normalized spacial score (nSPS) is 10.8. The van der Waals surface area contributed by atoms with Crippen molar-refractivity contribution in [1.29, 1.82) is 0 Å². The minimum atomic E-state index is -0.360. The molecular formula is C11H9BrN2O2S2. The lowest BCUT2D eigenvalue weighted by atomic mass is 10.4. The van der Waals surface area contributed by atoms with Gasteiger partial charge in [-0.2, -0.15) is 5.10 Å². The third-order valence-electron chi connectivity index (χ3n) is 2.01. The molecule has 0 spiro atoms. The summed E-state index contributed by atoms with van der Waals surface area (Å²) in [6.45, 7) is 0. The summed E-state index contributed by atoms with van der Waals surface area (Å²) in [6, 6.07) is 5.70. The highest BCUT2D eigenvalue weighted by atomic mass is 79.9. The minimum Gasteiger partial charge on any atom is -0.465 e. The Hall–Kier alpha value is -1.18. The van der Waals surface area contributed by atoms with Crippen LogP contribution in [0.4, 0.5) is 5.69 Å². The number of hydrogen-bond acceptors (Lipinski definition) is 6. The second-order valence-corrected chi connectivity index (χ2v) is 6.58. The van der Waals surface area contributed by atoms with Gasteiger partial charge in [-0.05, 0) is 39.5 Å². The maximum Gasteiger partial charge on any atom is 0.350 e. The molecule has 0 saturated carbocycles. The Labute approximate surface area is 120 Å². The number of halogens is 1. The summed E-state index contributed by atoms with van der Waals surface area (Å²) in [5, 5.41) is 5.90. The Morgan fingerprint density at radius 2 is 2.33 bits per heavy atom. The summed E-state index contributed by atoms with van der Waals surface area (Å²) < 4.78 is 5.73. The minimum absolute atomic E-state index is 0.360. The van der Waals surface area contributed by atoms with E-state index in [0.717, 1.165) is 8.66 Å². The molecule has 18 heavy (non-hydrogen) atoms. The van der Waals surface area contributed by atoms with E-state index in [1.165, 1.54) is 18.4 Å². The van der Waals surface area contributed by atoms with Gasteiger partial charge in [-0.3, -0.25) is 5.43 Å². The summed E-state index contributed by atoms with van der Waals surface area (Å²) >= 11 is 6.27. The van der Waals surface area contributed by atoms with Crippen LogP contribution in [0.15, 0.2) is 32.5 Å². The predicted molar refractivity (Wildman–Crippen MR) is 78.9 cm³/mol. The molecule has 0 atom stereocenters. The molecule has 0 aliphatic heterocycles. The van der Waals surface area contributed by atoms with Crippen LogP contribution in [0.3, 0.4) is 0 Å². The maximum atomic E-state index is 11.4. The van der Waals surface area contributed by atoms with E-state index in [0.29, 0.717) is 10.6 Å². The van der Waals surface area contributed by atoms with Crippen molar-refractivity contribution in [2.45, 2.75) is 0 Å². The largest absolute Gasteiger partial charge is 0.465 e. The number of anilines is 1. The summed E-state index contributed by atoms with van der Waals surface area (Å²) in [5.41, 5.74) is 3.49. The Morgan fingerprint density at radius 1 is 1.50 bits per heavy atom. The smallest absolute Gasteiger partial charge is 0.350 e. The fourth-order valence-corrected chi connectivity index (χ4v) is 3.27. The number of hydrogen-bond donors (Lipinski definition) is 1. The van der Waals surface area contributed by atoms with Crippen molar-refractivity contribution < 1.29 is 9.53 Å². The van der Waals surface area contributed by atoms with Crippen LogP contribution >= 0.6 is 38.6 Å². The number of hydrazone groups is 1. The molecule has 2 heterocycles. The molecule has 2 rings (SSSR count). The standard InChI is InChI=1S/C11H9BrN2O2S2/c1-16-11(15)10-8(4-5-17-10)14-13-6-7-2-3-9(12)18-7/h2-6,14H,1H3/b13-6-. The monoisotopic (exact) mass is 344 g/mol. The second-order valence-electron chi connectivity index (χ2n) is 3.17. The third kappa shape index (κ3) is 3.18. The van der Waals surface area contributed by atoms with Gasteiger partial charge in [-0.25, -0.2) is 4.79 Å². The zero-order chi connectivity index (χ0) is 13.0. The first-order valence-corrected chi connectivity index (χ1v) is 7.40. The van der Waals surface area contributed by atoms with Gasteiger partial charge in [0.25, 0.3) is 0 Å². The highest BCUT2D eigenvalue weighted by Crippen LogP contribution is 2.23. The van der Waals surface area contributed by atoms with E-state index in [2.05, 4.69) is 31.2 Å². The van der Waals surface area contributed by atoms with Crippen LogP contribution in [0.25, 0.3) is 0 Å². The van der Waals surface area contributed by atoms with Crippen LogP contribution in [-0.2, 0) is 4.74 Å². The third-order valence-corrected chi connectivity index (χ3v) is 4.46. The molecule has 2 aromatic heterocycles. The number of ether oxygens (including phenoxy) is 1. The van der Waals surface area contributed by atoms with Crippen LogP contribution in [0.2, 0.25) is 0 Å². The van der Waals surface area contributed by atoms with Crippen LogP contribution in [0.5, 0.6) is 0 Å². The topological polar surface area (TPSA) is 50.7 Å². The van der Waals surface area contributed by atoms with Crippen molar-refractivity contribution in [1.82, 2.24) is 0 Å². The molecule has 0 saturated heterocycles. The van der Waals surface area contributed by atoms with Crippen LogP contribution in [0.1, 0.15) is 14.5 Å². The van der Waals surface area contributed by atoms with Gasteiger partial charge in [-0.1, -0.05) is 0 Å². The molecule has 0 aliphatic carbocycles. The molecule has 0 amide bonds. The Kier molecular flexibility index (Phi) is 4.51. The van der Waals surface area contributed by atoms with E-state index in [1.807, 2.05) is 17.5 Å². The molecule has 0 unspecified atom stereocenters. The first kappa shape index (κ1) is 13.3. The van der Waals surface area contributed by atoms with Gasteiger partial charge in [0.05, 0.1) is 22.8 Å². The van der Waals surface area contributed by atoms with Gasteiger partial charge in [0.15, 0.2) is 0 Å². The highest BCUT2D eigenvalue weighted by molar-refractivity contribution is 9.11. The molecule has 0 bridgehead atoms. The van der Waals surface area contributed by atoms with E-state index in [9.17, 15) is 4.79 Å². The van der Waals surface area contributed by atoms with Gasteiger partial charge in [0.1, 0.15) is 4.88 Å². The SMILES string of the molecule is COC(=O)c1sccc1N/N=C\c1ccc(Br)s1. The quantitative estimate of drug-likeness (QED) is 0.521. The van der Waals surface area contributed by atoms with E-state index >= 15 is 0 Å². The number of carbonyl (C=O) groups excluding carboxylic acids is 1. The van der Waals surface area contributed by atoms with E-state index in [4.69, 9.17) is 0 Å². The maximum absolute atomic E-state index is 11.4. The molecule has 4 nitrogen and oxygen atoms in total. The fourth-order valence-electron chi connectivity index (χ4n) is 1.21. The molecular weight excluding hydrogens is 336 g/mol. The van der Waals surface area contributed by atoms with Gasteiger partial charge >= 0.3 is 5.97 Å². The Balaban J connectivity index is 2.04. The highest BCUT2D eigenvalue weighted by Gasteiger charge is 2.12. The lowest BCUT2D eigenvalue weighted by Crippen LogP contribution is -2.01. The Bertz CT molecular complexity index is 577. The van der Waals surface area contributed by atoms with E-state index in [1.54, 1.807) is 23.6 Å². The van der Waals surface area contributed by atoms with Crippen molar-refractivity contribution in [3.8, 4) is 0 Å². The first-order chi connectivity index (χ1) is 8.70. The van der Waals surface area contributed by atoms with Gasteiger partial charge in [0.2, 0.25) is 0 Å². The Morgan fingerprint density at radius 3 is 3.00 bits per heavy atom. The number of rotatable bonds is 4. The molecule has 0 fully saturated rings. The van der Waals surface area contributed by atoms with Crippen molar-refractivity contribution in [3.63, 3.8) is 0 Å². The second kappa shape index (κ2) is 6.12. The number of nitrogens with zero attached hydrogens (tertiary/aromatic N) is 1. The average molecular weight is 345 g/mol. The number of thiophene rings is 2. The van der Waals surface area contributed by atoms with E-state index < -0.39 is 0 Å². The lowest BCUT2D eigenvalue weighted by molar-refractivity contribution is 0.0607. The van der Waals surface area contributed by atoms with E-state index in [-0.39, 0.29) is 5.97 Å². The van der Waals surface area contributed by atoms with Crippen LogP contribution < -0.4 is 5.43 Å². The predicted octanol–water partition coefficient (Wildman–Crippen LogP) is 3.80. The average Bonchev–Trinajstić information content (AvgIpc) is 2.98. The summed E-state index contributed by atoms with van der Waals surface area (Å²) in [4.78, 5) is 13.0. The molecule has 0 aromatic carbocycles. The molecule has 1 N–H and O–H groups in total. The molecule has 0 radical (unpaired) electrons. The van der Waals surface area contributed by atoms with Gasteiger partial charge in [0, 0.05) is 4.88 Å². The molecule has 0 aliphatic rings. The van der Waals surface area contributed by atoms with Crippen molar-refractivity contribution in [3.05, 3.63) is 37.1 Å². The molecule has 94 valence electrons. The summed E-state index contributed by atoms with van der Waals surface area (Å²) in [7, 11) is 1.36. The summed E-state index contributed by atoms with van der Waals surface area (Å²) in [5.74, 6) is -0.360. The lowest BCUT2D eigenvalue weighted by Gasteiger charge is -2.00. The van der Waals surface area contributed by atoms with Crippen molar-refractivity contribution in [2.24, 2.45) is 5.10 Å². The molecule has 2 aromatic rings. The molecule has 7 heteroatoms. The number of carbonyl (C=O) groups is 1. The zero-order valence-corrected chi connectivity index (χ0v) is 12.6. The number of nitrogens with one attached hydrogen (secondary N) is 1. The number of esters is 1.